The average molecular weight is 474 g/mol. The topological polar surface area (TPSA) is 75.9 Å². The van der Waals surface area contributed by atoms with Crippen molar-refractivity contribution < 1.29 is 22.7 Å². The van der Waals surface area contributed by atoms with E-state index < -0.39 is 12.0 Å². The number of likely N-dealkylation sites (tertiary alicyclic amines) is 1. The third kappa shape index (κ3) is 4.14. The van der Waals surface area contributed by atoms with Crippen LogP contribution in [-0.4, -0.2) is 57.4 Å². The van der Waals surface area contributed by atoms with Crippen LogP contribution in [0.15, 0.2) is 36.4 Å². The van der Waals surface area contributed by atoms with Crippen LogP contribution in [0.5, 0.6) is 5.75 Å². The molecule has 4 heterocycles. The molecule has 34 heavy (non-hydrogen) atoms. The first kappa shape index (κ1) is 22.4. The Hall–Kier alpha value is -3.37. The monoisotopic (exact) mass is 474 g/mol. The van der Waals surface area contributed by atoms with Crippen molar-refractivity contribution in [2.45, 2.75) is 37.9 Å². The van der Waals surface area contributed by atoms with Crippen molar-refractivity contribution in [1.82, 2.24) is 24.7 Å². The van der Waals surface area contributed by atoms with E-state index in [9.17, 15) is 18.0 Å². The van der Waals surface area contributed by atoms with Gasteiger partial charge in [0, 0.05) is 25.6 Å². The molecule has 1 atom stereocenters. The molecule has 0 radical (unpaired) electrons. The zero-order chi connectivity index (χ0) is 23.9. The van der Waals surface area contributed by atoms with E-state index in [0.29, 0.717) is 31.7 Å². The molecule has 2 aliphatic rings. The molecule has 0 bridgehead atoms. The van der Waals surface area contributed by atoms with Crippen LogP contribution in [0, 0.1) is 5.92 Å². The van der Waals surface area contributed by atoms with Gasteiger partial charge in [-0.25, -0.2) is 0 Å². The van der Waals surface area contributed by atoms with Gasteiger partial charge in [-0.1, -0.05) is 12.1 Å². The lowest BCUT2D eigenvalue weighted by Crippen LogP contribution is -2.42. The number of methoxy groups -OCH3 is 1. The van der Waals surface area contributed by atoms with Crippen LogP contribution in [0.2, 0.25) is 0 Å². The molecular weight excluding hydrogens is 449 g/mol. The second kappa shape index (κ2) is 8.77. The van der Waals surface area contributed by atoms with Gasteiger partial charge in [-0.15, -0.1) is 15.3 Å². The highest BCUT2D eigenvalue weighted by molar-refractivity contribution is 5.80. The number of carbonyl (C=O) groups is 1. The van der Waals surface area contributed by atoms with Gasteiger partial charge >= 0.3 is 6.18 Å². The van der Waals surface area contributed by atoms with Gasteiger partial charge in [0.1, 0.15) is 11.6 Å². The van der Waals surface area contributed by atoms with Crippen LogP contribution in [-0.2, 0) is 11.0 Å². The molecule has 1 amide bonds. The Labute approximate surface area is 194 Å². The van der Waals surface area contributed by atoms with E-state index in [1.54, 1.807) is 13.2 Å². The maximum atomic E-state index is 13.4. The summed E-state index contributed by atoms with van der Waals surface area (Å²) in [5, 5.41) is 10.9. The smallest absolute Gasteiger partial charge is 0.453 e. The summed E-state index contributed by atoms with van der Waals surface area (Å²) in [6.07, 6.45) is -1.50. The SMILES string of the molecule is COc1ccc([C@H]2CCCN2C(=O)C2CCN(c3ccc4nnc(C(F)(F)F)n4n3)CC2)cc1. The molecular formula is C23H25F3N6O2. The number of ether oxygens (including phenoxy) is 1. The van der Waals surface area contributed by atoms with Gasteiger partial charge in [-0.2, -0.15) is 17.7 Å². The van der Waals surface area contributed by atoms with Crippen molar-refractivity contribution >= 4 is 17.4 Å². The zero-order valence-electron chi connectivity index (χ0n) is 18.7. The highest BCUT2D eigenvalue weighted by atomic mass is 19.4. The molecule has 2 aliphatic heterocycles. The fraction of sp³-hybridized carbons (Fsp3) is 0.478. The molecule has 11 heteroatoms. The molecule has 1 aromatic carbocycles. The summed E-state index contributed by atoms with van der Waals surface area (Å²) in [5.41, 5.74) is 1.15. The second-order valence-electron chi connectivity index (χ2n) is 8.71. The highest BCUT2D eigenvalue weighted by Crippen LogP contribution is 2.36. The van der Waals surface area contributed by atoms with E-state index in [0.717, 1.165) is 35.2 Å². The van der Waals surface area contributed by atoms with Crippen molar-refractivity contribution in [1.29, 1.82) is 0 Å². The fourth-order valence-corrected chi connectivity index (χ4v) is 4.92. The molecule has 5 rings (SSSR count). The van der Waals surface area contributed by atoms with Crippen LogP contribution in [0.1, 0.15) is 43.1 Å². The van der Waals surface area contributed by atoms with Crippen LogP contribution in [0.4, 0.5) is 19.0 Å². The summed E-state index contributed by atoms with van der Waals surface area (Å²) in [6, 6.07) is 11.0. The van der Waals surface area contributed by atoms with Crippen molar-refractivity contribution in [2.24, 2.45) is 5.92 Å². The van der Waals surface area contributed by atoms with E-state index in [2.05, 4.69) is 15.3 Å². The predicted octanol–water partition coefficient (Wildman–Crippen LogP) is 3.73. The number of piperidine rings is 1. The summed E-state index contributed by atoms with van der Waals surface area (Å²) in [6.45, 7) is 1.82. The minimum absolute atomic E-state index is 0.0414. The second-order valence-corrected chi connectivity index (χ2v) is 8.71. The lowest BCUT2D eigenvalue weighted by Gasteiger charge is -2.35. The van der Waals surface area contributed by atoms with Gasteiger partial charge in [0.15, 0.2) is 5.65 Å². The lowest BCUT2D eigenvalue weighted by molar-refractivity contribution is -0.146. The molecule has 8 nitrogen and oxygen atoms in total. The van der Waals surface area contributed by atoms with Crippen molar-refractivity contribution in [3.8, 4) is 5.75 Å². The average Bonchev–Trinajstić information content (AvgIpc) is 3.51. The van der Waals surface area contributed by atoms with Crippen LogP contribution in [0.3, 0.4) is 0 Å². The van der Waals surface area contributed by atoms with E-state index in [-0.39, 0.29) is 23.5 Å². The maximum Gasteiger partial charge on any atom is 0.453 e. The molecule has 3 aromatic rings. The normalized spacial score (nSPS) is 19.7. The van der Waals surface area contributed by atoms with Crippen molar-refractivity contribution in [3.63, 3.8) is 0 Å². The van der Waals surface area contributed by atoms with E-state index in [1.165, 1.54) is 6.07 Å². The van der Waals surface area contributed by atoms with Gasteiger partial charge < -0.3 is 14.5 Å². The predicted molar refractivity (Wildman–Crippen MR) is 117 cm³/mol. The minimum Gasteiger partial charge on any atom is -0.497 e. The maximum absolute atomic E-state index is 13.4. The Kier molecular flexibility index (Phi) is 5.78. The molecule has 0 saturated carbocycles. The van der Waals surface area contributed by atoms with Gasteiger partial charge in [-0.05, 0) is 55.5 Å². The molecule has 0 unspecified atom stereocenters. The first-order valence-corrected chi connectivity index (χ1v) is 11.3. The van der Waals surface area contributed by atoms with Crippen molar-refractivity contribution in [2.75, 3.05) is 31.6 Å². The number of amides is 1. The highest BCUT2D eigenvalue weighted by Gasteiger charge is 2.38. The number of nitrogens with zero attached hydrogens (tertiary/aromatic N) is 6. The molecule has 2 saturated heterocycles. The molecule has 0 spiro atoms. The Morgan fingerprint density at radius 3 is 2.41 bits per heavy atom. The summed E-state index contributed by atoms with van der Waals surface area (Å²) >= 11 is 0. The third-order valence-corrected chi connectivity index (χ3v) is 6.71. The van der Waals surface area contributed by atoms with Gasteiger partial charge in [-0.3, -0.25) is 4.79 Å². The molecule has 0 aliphatic carbocycles. The first-order valence-electron chi connectivity index (χ1n) is 11.3. The Bertz CT molecular complexity index is 1170. The quantitative estimate of drug-likeness (QED) is 0.574. The number of carbonyl (C=O) groups excluding carboxylic acids is 1. The first-order chi connectivity index (χ1) is 16.3. The zero-order valence-corrected chi connectivity index (χ0v) is 18.7. The van der Waals surface area contributed by atoms with Crippen molar-refractivity contribution in [3.05, 3.63) is 47.8 Å². The van der Waals surface area contributed by atoms with Gasteiger partial charge in [0.2, 0.25) is 5.91 Å². The number of hydrogen-bond donors (Lipinski definition) is 0. The summed E-state index contributed by atoms with van der Waals surface area (Å²) in [4.78, 5) is 17.3. The molecule has 0 N–H and O–H groups in total. The summed E-state index contributed by atoms with van der Waals surface area (Å²) in [5.74, 6) is 0.0978. The molecule has 2 fully saturated rings. The fourth-order valence-electron chi connectivity index (χ4n) is 4.92. The van der Waals surface area contributed by atoms with E-state index in [1.807, 2.05) is 34.1 Å². The molecule has 180 valence electrons. The van der Waals surface area contributed by atoms with Crippen LogP contribution < -0.4 is 9.64 Å². The Balaban J connectivity index is 1.26. The van der Waals surface area contributed by atoms with Crippen LogP contribution in [0.25, 0.3) is 5.65 Å². The number of fused-ring (bicyclic) bond motifs is 1. The number of anilines is 1. The van der Waals surface area contributed by atoms with Gasteiger partial charge in [0.05, 0.1) is 13.2 Å². The van der Waals surface area contributed by atoms with Crippen LogP contribution >= 0.6 is 0 Å². The third-order valence-electron chi connectivity index (χ3n) is 6.71. The molecule has 2 aromatic heterocycles. The Morgan fingerprint density at radius 2 is 1.74 bits per heavy atom. The summed E-state index contributed by atoms with van der Waals surface area (Å²) < 4.78 is 45.5. The number of halogens is 3. The number of alkyl halides is 3. The standard InChI is InChI=1S/C23H25F3N6O2/c1-34-17-6-4-15(5-7-17)18-3-2-12-31(18)21(33)16-10-13-30(14-11-16)20-9-8-19-27-28-22(23(24,25)26)32(19)29-20/h4-9,16,18H,2-3,10-14H2,1H3/t18-/m1/s1. The number of hydrogen-bond acceptors (Lipinski definition) is 6. The van der Waals surface area contributed by atoms with E-state index in [4.69, 9.17) is 4.74 Å². The number of benzene rings is 1. The number of aromatic nitrogens is 4. The number of rotatable bonds is 4. The lowest BCUT2D eigenvalue weighted by atomic mass is 9.94. The largest absolute Gasteiger partial charge is 0.497 e. The minimum atomic E-state index is -4.64. The Morgan fingerprint density at radius 1 is 1.00 bits per heavy atom. The van der Waals surface area contributed by atoms with Gasteiger partial charge in [0.25, 0.3) is 5.82 Å². The van der Waals surface area contributed by atoms with E-state index >= 15 is 0 Å². The summed E-state index contributed by atoms with van der Waals surface area (Å²) in [7, 11) is 1.63.